The Labute approximate surface area is 145 Å². The monoisotopic (exact) mass is 342 g/mol. The van der Waals surface area contributed by atoms with Gasteiger partial charge in [-0.1, -0.05) is 6.07 Å². The van der Waals surface area contributed by atoms with Crippen LogP contribution in [0.25, 0.3) is 0 Å². The van der Waals surface area contributed by atoms with Gasteiger partial charge in [0.1, 0.15) is 11.6 Å². The van der Waals surface area contributed by atoms with Crippen molar-refractivity contribution in [2.75, 3.05) is 24.5 Å². The van der Waals surface area contributed by atoms with Crippen molar-refractivity contribution < 1.29 is 18.4 Å². The smallest absolute Gasteiger partial charge is 0.289 e. The number of likely N-dealkylation sites (tertiary alicyclic amines) is 1. The molecule has 0 saturated carbocycles. The van der Waals surface area contributed by atoms with Crippen molar-refractivity contribution in [3.8, 4) is 0 Å². The van der Waals surface area contributed by atoms with E-state index in [1.807, 2.05) is 0 Å². The Hall–Kier alpha value is -2.63. The molecule has 5 nitrogen and oxygen atoms in total. The largest absolute Gasteiger partial charge is 0.456 e. The Morgan fingerprint density at radius 1 is 1.24 bits per heavy atom. The van der Waals surface area contributed by atoms with E-state index in [1.54, 1.807) is 41.0 Å². The van der Waals surface area contributed by atoms with Crippen LogP contribution >= 0.6 is 0 Å². The third kappa shape index (κ3) is 2.81. The van der Waals surface area contributed by atoms with Gasteiger partial charge in [-0.2, -0.15) is 0 Å². The first-order valence-corrected chi connectivity index (χ1v) is 8.37. The number of carbonyl (C=O) groups is 2. The van der Waals surface area contributed by atoms with E-state index in [1.165, 1.54) is 12.1 Å². The van der Waals surface area contributed by atoms with Crippen molar-refractivity contribution in [3.05, 3.63) is 53.7 Å². The molecule has 1 spiro atoms. The summed E-state index contributed by atoms with van der Waals surface area (Å²) in [5.41, 5.74) is 0.314. The second-order valence-electron chi connectivity index (χ2n) is 7.02. The van der Waals surface area contributed by atoms with E-state index in [0.29, 0.717) is 43.3 Å². The molecule has 130 valence electrons. The summed E-state index contributed by atoms with van der Waals surface area (Å²) in [7, 11) is 0. The number of hydrogen-bond donors (Lipinski definition) is 0. The van der Waals surface area contributed by atoms with Gasteiger partial charge in [0.15, 0.2) is 5.76 Å². The molecule has 6 heteroatoms. The fourth-order valence-corrected chi connectivity index (χ4v) is 3.86. The summed E-state index contributed by atoms with van der Waals surface area (Å²) in [5, 5.41) is 0. The normalized spacial score (nSPS) is 23.0. The second-order valence-corrected chi connectivity index (χ2v) is 7.02. The van der Waals surface area contributed by atoms with E-state index in [0.717, 1.165) is 6.42 Å². The van der Waals surface area contributed by atoms with Gasteiger partial charge >= 0.3 is 0 Å². The van der Waals surface area contributed by atoms with E-state index in [4.69, 9.17) is 4.42 Å². The van der Waals surface area contributed by atoms with Gasteiger partial charge in [-0.3, -0.25) is 9.59 Å². The van der Waals surface area contributed by atoms with Gasteiger partial charge < -0.3 is 14.2 Å². The molecular weight excluding hydrogens is 323 g/mol. The van der Waals surface area contributed by atoms with Crippen LogP contribution < -0.4 is 4.90 Å². The number of aryl methyl sites for hydroxylation is 1. The molecule has 0 N–H and O–H groups in total. The minimum atomic E-state index is -0.359. The lowest BCUT2D eigenvalue weighted by Gasteiger charge is -2.24. The van der Waals surface area contributed by atoms with Crippen molar-refractivity contribution in [1.82, 2.24) is 4.90 Å². The number of rotatable bonds is 2. The minimum Gasteiger partial charge on any atom is -0.456 e. The molecule has 2 aliphatic rings. The van der Waals surface area contributed by atoms with Crippen molar-refractivity contribution in [2.45, 2.75) is 19.8 Å². The molecule has 1 aromatic carbocycles. The first kappa shape index (κ1) is 15.9. The number of carbonyl (C=O) groups excluding carboxylic acids is 2. The predicted molar refractivity (Wildman–Crippen MR) is 89.8 cm³/mol. The van der Waals surface area contributed by atoms with E-state index < -0.39 is 0 Å². The van der Waals surface area contributed by atoms with Crippen LogP contribution in [0, 0.1) is 18.2 Å². The first-order valence-electron chi connectivity index (χ1n) is 8.37. The molecule has 3 heterocycles. The van der Waals surface area contributed by atoms with Crippen molar-refractivity contribution >= 4 is 17.5 Å². The van der Waals surface area contributed by atoms with Crippen LogP contribution in [0.3, 0.4) is 0 Å². The Morgan fingerprint density at radius 2 is 2.08 bits per heavy atom. The van der Waals surface area contributed by atoms with E-state index in [9.17, 15) is 14.0 Å². The maximum Gasteiger partial charge on any atom is 0.289 e. The SMILES string of the molecule is Cc1ccc(C(=O)N2CC[C@@]3(CC(=O)N(c4cccc(F)c4)C3)C2)o1. The summed E-state index contributed by atoms with van der Waals surface area (Å²) in [6.45, 7) is 3.43. The topological polar surface area (TPSA) is 53.8 Å². The molecule has 25 heavy (non-hydrogen) atoms. The van der Waals surface area contributed by atoms with Crippen molar-refractivity contribution in [2.24, 2.45) is 5.41 Å². The van der Waals surface area contributed by atoms with Crippen LogP contribution in [-0.2, 0) is 4.79 Å². The van der Waals surface area contributed by atoms with Gasteiger partial charge in [0.25, 0.3) is 5.91 Å². The minimum absolute atomic E-state index is 0.0197. The number of hydrogen-bond acceptors (Lipinski definition) is 3. The molecule has 1 atom stereocenters. The molecule has 2 fully saturated rings. The molecule has 2 amide bonds. The van der Waals surface area contributed by atoms with Crippen LogP contribution in [0.15, 0.2) is 40.8 Å². The third-order valence-corrected chi connectivity index (χ3v) is 5.12. The number of anilines is 1. The highest BCUT2D eigenvalue weighted by atomic mass is 19.1. The van der Waals surface area contributed by atoms with E-state index >= 15 is 0 Å². The summed E-state index contributed by atoms with van der Waals surface area (Å²) >= 11 is 0. The average Bonchev–Trinajstić information content (AvgIpc) is 3.27. The van der Waals surface area contributed by atoms with Gasteiger partial charge in [-0.05, 0) is 43.7 Å². The fourth-order valence-electron chi connectivity index (χ4n) is 3.86. The standard InChI is InChI=1S/C19H19FN2O3/c1-13-5-6-16(25-13)18(24)21-8-7-19(11-21)10-17(23)22(12-19)15-4-2-3-14(20)9-15/h2-6,9H,7-8,10-12H2,1H3/t19-/m1/s1. The van der Waals surface area contributed by atoms with Crippen molar-refractivity contribution in [3.63, 3.8) is 0 Å². The number of benzene rings is 1. The average molecular weight is 342 g/mol. The maximum atomic E-state index is 13.5. The van der Waals surface area contributed by atoms with E-state index in [2.05, 4.69) is 0 Å². The number of nitrogens with zero attached hydrogens (tertiary/aromatic N) is 2. The highest BCUT2D eigenvalue weighted by molar-refractivity contribution is 5.97. The van der Waals surface area contributed by atoms with Crippen LogP contribution in [0.2, 0.25) is 0 Å². The molecule has 0 aliphatic carbocycles. The molecule has 0 unspecified atom stereocenters. The van der Waals surface area contributed by atoms with E-state index in [-0.39, 0.29) is 23.0 Å². The molecule has 2 aromatic rings. The lowest BCUT2D eigenvalue weighted by molar-refractivity contribution is -0.117. The van der Waals surface area contributed by atoms with Crippen LogP contribution in [-0.4, -0.2) is 36.3 Å². The number of amides is 2. The summed E-state index contributed by atoms with van der Waals surface area (Å²) in [6, 6.07) is 9.53. The molecule has 2 aliphatic heterocycles. The predicted octanol–water partition coefficient (Wildman–Crippen LogP) is 3.00. The van der Waals surface area contributed by atoms with Crippen LogP contribution in [0.4, 0.5) is 10.1 Å². The maximum absolute atomic E-state index is 13.5. The zero-order valence-corrected chi connectivity index (χ0v) is 14.0. The summed E-state index contributed by atoms with van der Waals surface area (Å²) < 4.78 is 18.9. The quantitative estimate of drug-likeness (QED) is 0.843. The molecule has 2 saturated heterocycles. The fraction of sp³-hybridized carbons (Fsp3) is 0.368. The highest BCUT2D eigenvalue weighted by Crippen LogP contribution is 2.42. The Bertz CT molecular complexity index is 847. The molecular formula is C19H19FN2O3. The van der Waals surface area contributed by atoms with Crippen LogP contribution in [0.5, 0.6) is 0 Å². The van der Waals surface area contributed by atoms with Gasteiger partial charge in [0.2, 0.25) is 5.91 Å². The van der Waals surface area contributed by atoms with Crippen LogP contribution in [0.1, 0.15) is 29.2 Å². The van der Waals surface area contributed by atoms with Gasteiger partial charge in [-0.25, -0.2) is 4.39 Å². The summed E-state index contributed by atoms with van der Waals surface area (Å²) in [5.74, 6) is 0.518. The Kier molecular flexibility index (Phi) is 3.63. The number of furan rings is 1. The third-order valence-electron chi connectivity index (χ3n) is 5.12. The molecule has 4 rings (SSSR count). The molecule has 0 bridgehead atoms. The van der Waals surface area contributed by atoms with Crippen molar-refractivity contribution in [1.29, 1.82) is 0 Å². The zero-order chi connectivity index (χ0) is 17.6. The number of halogens is 1. The second kappa shape index (κ2) is 5.72. The Balaban J connectivity index is 1.51. The lowest BCUT2D eigenvalue weighted by Crippen LogP contribution is -2.34. The zero-order valence-electron chi connectivity index (χ0n) is 14.0. The highest BCUT2D eigenvalue weighted by Gasteiger charge is 2.49. The Morgan fingerprint density at radius 3 is 2.80 bits per heavy atom. The van der Waals surface area contributed by atoms with Gasteiger partial charge in [-0.15, -0.1) is 0 Å². The first-order chi connectivity index (χ1) is 12.0. The molecule has 1 aromatic heterocycles. The van der Waals surface area contributed by atoms with Gasteiger partial charge in [0.05, 0.1) is 0 Å². The molecule has 0 radical (unpaired) electrons. The van der Waals surface area contributed by atoms with Gasteiger partial charge in [0, 0.05) is 37.2 Å². The summed E-state index contributed by atoms with van der Waals surface area (Å²) in [6.07, 6.45) is 1.14. The lowest BCUT2D eigenvalue weighted by atomic mass is 9.86. The summed E-state index contributed by atoms with van der Waals surface area (Å²) in [4.78, 5) is 28.4.